The van der Waals surface area contributed by atoms with Crippen molar-refractivity contribution < 1.29 is 24.2 Å². The third-order valence-corrected chi connectivity index (χ3v) is 3.84. The van der Waals surface area contributed by atoms with Gasteiger partial charge in [-0.2, -0.15) is 0 Å². The lowest BCUT2D eigenvalue weighted by Gasteiger charge is -2.11. The maximum Gasteiger partial charge on any atom is 0.273 e. The van der Waals surface area contributed by atoms with E-state index in [9.17, 15) is 14.7 Å². The third-order valence-electron chi connectivity index (χ3n) is 3.84. The van der Waals surface area contributed by atoms with Crippen molar-refractivity contribution in [2.24, 2.45) is 0 Å². The van der Waals surface area contributed by atoms with E-state index in [4.69, 9.17) is 9.47 Å². The molecule has 1 aliphatic heterocycles. The van der Waals surface area contributed by atoms with Crippen LogP contribution in [0.5, 0.6) is 17.2 Å². The second-order valence-electron chi connectivity index (χ2n) is 5.93. The highest BCUT2D eigenvalue weighted by atomic mass is 16.7. The van der Waals surface area contributed by atoms with Crippen molar-refractivity contribution in [2.75, 3.05) is 12.1 Å². The summed E-state index contributed by atoms with van der Waals surface area (Å²) in [6.45, 7) is 3.48. The monoisotopic (exact) mass is 369 g/mol. The Balaban J connectivity index is 1.56. The van der Waals surface area contributed by atoms with Crippen LogP contribution >= 0.6 is 0 Å². The summed E-state index contributed by atoms with van der Waals surface area (Å²) >= 11 is 0. The van der Waals surface area contributed by atoms with Gasteiger partial charge in [-0.05, 0) is 37.6 Å². The number of hydrogen-bond donors (Lipinski definition) is 4. The van der Waals surface area contributed by atoms with Crippen LogP contribution in [-0.4, -0.2) is 23.7 Å². The first-order valence-electron chi connectivity index (χ1n) is 8.18. The summed E-state index contributed by atoms with van der Waals surface area (Å²) in [5.74, 6) is 0.214. The number of carbonyl (C=O) groups excluding carboxylic acids is 2. The first kappa shape index (κ1) is 18.1. The van der Waals surface area contributed by atoms with Crippen LogP contribution in [-0.2, 0) is 4.79 Å². The summed E-state index contributed by atoms with van der Waals surface area (Å²) in [5, 5.41) is 12.6. The largest absolute Gasteiger partial charge is 0.507 e. The number of aromatic hydroxyl groups is 1. The van der Waals surface area contributed by atoms with Crippen molar-refractivity contribution in [1.29, 1.82) is 0 Å². The molecule has 0 atom stereocenters. The highest BCUT2D eigenvalue weighted by Crippen LogP contribution is 2.34. The van der Waals surface area contributed by atoms with Crippen molar-refractivity contribution in [2.45, 2.75) is 13.8 Å². The number of benzene rings is 2. The molecule has 0 spiro atoms. The summed E-state index contributed by atoms with van der Waals surface area (Å²) < 4.78 is 10.5. The molecule has 4 N–H and O–H groups in total. The lowest BCUT2D eigenvalue weighted by atomic mass is 10.1. The zero-order valence-corrected chi connectivity index (χ0v) is 14.8. The van der Waals surface area contributed by atoms with E-state index in [1.165, 1.54) is 12.1 Å². The average molecular weight is 369 g/mol. The lowest BCUT2D eigenvalue weighted by molar-refractivity contribution is -0.112. The van der Waals surface area contributed by atoms with Gasteiger partial charge in [-0.1, -0.05) is 12.1 Å². The summed E-state index contributed by atoms with van der Waals surface area (Å²) in [6.07, 6.45) is 1.29. The summed E-state index contributed by atoms with van der Waals surface area (Å²) in [5.41, 5.74) is 6.77. The van der Waals surface area contributed by atoms with Crippen molar-refractivity contribution >= 4 is 17.5 Å². The Kier molecular flexibility index (Phi) is 5.16. The van der Waals surface area contributed by atoms with E-state index >= 15 is 0 Å². The molecule has 1 aliphatic rings. The van der Waals surface area contributed by atoms with E-state index in [0.29, 0.717) is 28.4 Å². The number of ether oxygens (including phenoxy) is 2. The van der Waals surface area contributed by atoms with Crippen molar-refractivity contribution in [3.63, 3.8) is 0 Å². The normalized spacial score (nSPS) is 12.4. The molecule has 2 aromatic rings. The molecule has 0 saturated heterocycles. The molecule has 0 aliphatic carbocycles. The van der Waals surface area contributed by atoms with E-state index in [1.807, 2.05) is 0 Å². The summed E-state index contributed by atoms with van der Waals surface area (Å²) in [7, 11) is 0. The van der Waals surface area contributed by atoms with Gasteiger partial charge in [0, 0.05) is 23.5 Å². The van der Waals surface area contributed by atoms with Gasteiger partial charge < -0.3 is 25.3 Å². The second-order valence-corrected chi connectivity index (χ2v) is 5.93. The fraction of sp³-hybridized carbons (Fsp3) is 0.158. The number of anilines is 1. The number of phenolic OH excluding ortho intramolecular Hbond substituents is 1. The van der Waals surface area contributed by atoms with Gasteiger partial charge in [0.2, 0.25) is 12.7 Å². The highest BCUT2D eigenvalue weighted by molar-refractivity contribution is 6.00. The minimum Gasteiger partial charge on any atom is -0.507 e. The Hall–Kier alpha value is -3.68. The van der Waals surface area contributed by atoms with E-state index < -0.39 is 5.91 Å². The van der Waals surface area contributed by atoms with Crippen LogP contribution < -0.4 is 25.6 Å². The maximum absolute atomic E-state index is 12.1. The zero-order valence-electron chi connectivity index (χ0n) is 14.8. The van der Waals surface area contributed by atoms with E-state index in [-0.39, 0.29) is 24.0 Å². The van der Waals surface area contributed by atoms with Gasteiger partial charge in [-0.3, -0.25) is 15.0 Å². The average Bonchev–Trinajstić information content (AvgIpc) is 3.09. The fourth-order valence-electron chi connectivity index (χ4n) is 2.45. The van der Waals surface area contributed by atoms with Gasteiger partial charge in [0.25, 0.3) is 5.91 Å². The van der Waals surface area contributed by atoms with Crippen molar-refractivity contribution in [1.82, 2.24) is 10.9 Å². The van der Waals surface area contributed by atoms with Crippen LogP contribution in [0.2, 0.25) is 0 Å². The minimum atomic E-state index is -0.514. The first-order chi connectivity index (χ1) is 12.9. The Labute approximate surface area is 155 Å². The number of amides is 2. The Morgan fingerprint density at radius 2 is 1.89 bits per heavy atom. The second kappa shape index (κ2) is 7.69. The Morgan fingerprint density at radius 1 is 1.11 bits per heavy atom. The molecule has 0 saturated carbocycles. The molecule has 0 radical (unpaired) electrons. The summed E-state index contributed by atoms with van der Waals surface area (Å²) in [4.78, 5) is 24.2. The molecular formula is C19H19N3O5. The first-order valence-corrected chi connectivity index (χ1v) is 8.18. The van der Waals surface area contributed by atoms with Gasteiger partial charge in [-0.25, -0.2) is 0 Å². The fourth-order valence-corrected chi connectivity index (χ4v) is 2.45. The number of allylic oxidation sites excluding steroid dienone is 1. The van der Waals surface area contributed by atoms with E-state index in [2.05, 4.69) is 16.2 Å². The van der Waals surface area contributed by atoms with Crippen LogP contribution in [0.15, 0.2) is 48.2 Å². The van der Waals surface area contributed by atoms with E-state index in [1.54, 1.807) is 44.2 Å². The van der Waals surface area contributed by atoms with Crippen LogP contribution in [0.1, 0.15) is 22.8 Å². The molecule has 8 nitrogen and oxygen atoms in total. The number of hydrogen-bond acceptors (Lipinski definition) is 6. The van der Waals surface area contributed by atoms with Crippen LogP contribution in [0, 0.1) is 6.92 Å². The van der Waals surface area contributed by atoms with Gasteiger partial charge in [0.15, 0.2) is 11.5 Å². The SMILES string of the molecule is C/C(=C\C(=O)Nc1ccc2c(c1)OCO2)NNC(=O)c1cccc(C)c1O. The molecule has 1 heterocycles. The predicted octanol–water partition coefficient (Wildman–Crippen LogP) is 2.21. The molecule has 0 bridgehead atoms. The molecular weight excluding hydrogens is 350 g/mol. The number of hydrazine groups is 1. The van der Waals surface area contributed by atoms with Crippen LogP contribution in [0.4, 0.5) is 5.69 Å². The molecule has 2 amide bonds. The smallest absolute Gasteiger partial charge is 0.273 e. The highest BCUT2D eigenvalue weighted by Gasteiger charge is 2.14. The quantitative estimate of drug-likeness (QED) is 0.475. The Bertz CT molecular complexity index is 924. The van der Waals surface area contributed by atoms with Gasteiger partial charge in [0.1, 0.15) is 5.75 Å². The zero-order chi connectivity index (χ0) is 19.4. The van der Waals surface area contributed by atoms with Gasteiger partial charge in [0.05, 0.1) is 5.56 Å². The molecule has 140 valence electrons. The topological polar surface area (TPSA) is 109 Å². The number of phenols is 1. The van der Waals surface area contributed by atoms with Crippen LogP contribution in [0.3, 0.4) is 0 Å². The molecule has 27 heavy (non-hydrogen) atoms. The molecule has 0 aromatic heterocycles. The number of nitrogens with one attached hydrogen (secondary N) is 3. The van der Waals surface area contributed by atoms with Crippen molar-refractivity contribution in [3.8, 4) is 17.2 Å². The summed E-state index contributed by atoms with van der Waals surface area (Å²) in [6, 6.07) is 9.95. The lowest BCUT2D eigenvalue weighted by Crippen LogP contribution is -2.36. The number of aryl methyl sites for hydroxylation is 1. The minimum absolute atomic E-state index is 0.0843. The van der Waals surface area contributed by atoms with Crippen molar-refractivity contribution in [3.05, 3.63) is 59.3 Å². The number of carbonyl (C=O) groups is 2. The molecule has 0 unspecified atom stereocenters. The Morgan fingerprint density at radius 3 is 2.70 bits per heavy atom. The molecule has 0 fully saturated rings. The number of para-hydroxylation sites is 1. The van der Waals surface area contributed by atoms with Gasteiger partial charge >= 0.3 is 0 Å². The van der Waals surface area contributed by atoms with E-state index in [0.717, 1.165) is 0 Å². The molecule has 2 aromatic carbocycles. The predicted molar refractivity (Wildman–Crippen MR) is 98.4 cm³/mol. The maximum atomic E-state index is 12.1. The van der Waals surface area contributed by atoms with Crippen LogP contribution in [0.25, 0.3) is 0 Å². The van der Waals surface area contributed by atoms with Gasteiger partial charge in [-0.15, -0.1) is 0 Å². The molecule has 8 heteroatoms. The number of rotatable bonds is 5. The number of fused-ring (bicyclic) bond motifs is 1. The standard InChI is InChI=1S/C19H19N3O5/c1-11-4-3-5-14(18(11)24)19(25)22-21-12(2)8-17(23)20-13-6-7-15-16(9-13)27-10-26-15/h3-9,21,24H,10H2,1-2H3,(H,20,23)(H,22,25)/b12-8+. The molecule has 3 rings (SSSR count). The third kappa shape index (κ3) is 4.30.